The lowest BCUT2D eigenvalue weighted by atomic mass is 9.94. The lowest BCUT2D eigenvalue weighted by molar-refractivity contribution is -0.127. The molecule has 1 aromatic heterocycles. The number of para-hydroxylation sites is 1. The zero-order chi connectivity index (χ0) is 25.9. The van der Waals surface area contributed by atoms with Crippen LogP contribution in [0.4, 0.5) is 5.69 Å². The molecule has 9 nitrogen and oxygen atoms in total. The molecule has 1 aliphatic carbocycles. The van der Waals surface area contributed by atoms with Crippen LogP contribution in [0.15, 0.2) is 72.8 Å². The van der Waals surface area contributed by atoms with Crippen molar-refractivity contribution in [2.75, 3.05) is 11.7 Å². The van der Waals surface area contributed by atoms with Crippen LogP contribution >= 0.6 is 0 Å². The first-order valence-electron chi connectivity index (χ1n) is 13.0. The maximum absolute atomic E-state index is 14.2. The number of benzene rings is 3. The highest BCUT2D eigenvalue weighted by Crippen LogP contribution is 2.38. The SMILES string of the molecule is O=C(NC1CCCCC1)C(c1ccccc1)N(C(=O)Cn1nnc2ccccc21)c1ccc2c(c1)OCO2. The minimum atomic E-state index is -0.888. The largest absolute Gasteiger partial charge is 0.454 e. The van der Waals surface area contributed by atoms with Gasteiger partial charge in [0.25, 0.3) is 0 Å². The molecular formula is C29H29N5O4. The Morgan fingerprint density at radius 1 is 0.947 bits per heavy atom. The molecule has 2 aliphatic rings. The van der Waals surface area contributed by atoms with Gasteiger partial charge in [0.2, 0.25) is 18.6 Å². The number of hydrogen-bond acceptors (Lipinski definition) is 6. The molecule has 0 radical (unpaired) electrons. The molecule has 6 rings (SSSR count). The predicted molar refractivity (Wildman–Crippen MR) is 142 cm³/mol. The summed E-state index contributed by atoms with van der Waals surface area (Å²) in [5, 5.41) is 11.6. The van der Waals surface area contributed by atoms with Gasteiger partial charge in [-0.2, -0.15) is 0 Å². The van der Waals surface area contributed by atoms with Gasteiger partial charge in [0.05, 0.1) is 5.52 Å². The molecule has 3 aromatic carbocycles. The Labute approximate surface area is 220 Å². The summed E-state index contributed by atoms with van der Waals surface area (Å²) in [6.45, 7) is 0.0248. The first-order valence-corrected chi connectivity index (χ1v) is 13.0. The molecule has 0 saturated heterocycles. The molecule has 1 fully saturated rings. The van der Waals surface area contributed by atoms with Gasteiger partial charge in [0, 0.05) is 17.8 Å². The summed E-state index contributed by atoms with van der Waals surface area (Å²) in [4.78, 5) is 29.7. The third kappa shape index (κ3) is 4.79. The highest BCUT2D eigenvalue weighted by Gasteiger charge is 2.35. The van der Waals surface area contributed by atoms with Crippen LogP contribution in [-0.4, -0.2) is 39.6 Å². The standard InChI is InChI=1S/C29H29N5O4/c35-27(18-33-24-14-8-7-13-23(24)31-32-33)34(22-15-16-25-26(17-22)38-19-37-25)28(20-9-3-1-4-10-20)29(36)30-21-11-5-2-6-12-21/h1,3-4,7-10,13-17,21,28H,2,5-6,11-12,18-19H2,(H,30,36). The second-order valence-corrected chi connectivity index (χ2v) is 9.69. The van der Waals surface area contributed by atoms with Crippen molar-refractivity contribution in [1.82, 2.24) is 20.3 Å². The van der Waals surface area contributed by atoms with Gasteiger partial charge in [-0.1, -0.05) is 66.9 Å². The van der Waals surface area contributed by atoms with Gasteiger partial charge in [0.15, 0.2) is 11.5 Å². The second-order valence-electron chi connectivity index (χ2n) is 9.69. The molecule has 1 aliphatic heterocycles. The molecule has 194 valence electrons. The topological polar surface area (TPSA) is 98.6 Å². The third-order valence-electron chi connectivity index (χ3n) is 7.18. The van der Waals surface area contributed by atoms with Crippen LogP contribution in [0.5, 0.6) is 11.5 Å². The van der Waals surface area contributed by atoms with E-state index in [1.807, 2.05) is 54.6 Å². The number of nitrogens with zero attached hydrogens (tertiary/aromatic N) is 4. The van der Waals surface area contributed by atoms with E-state index in [9.17, 15) is 9.59 Å². The monoisotopic (exact) mass is 511 g/mol. The number of nitrogens with one attached hydrogen (secondary N) is 1. The minimum Gasteiger partial charge on any atom is -0.454 e. The summed E-state index contributed by atoms with van der Waals surface area (Å²) in [5.41, 5.74) is 2.70. The van der Waals surface area contributed by atoms with Crippen LogP contribution in [0.2, 0.25) is 0 Å². The molecule has 1 atom stereocenters. The van der Waals surface area contributed by atoms with Crippen molar-refractivity contribution in [2.24, 2.45) is 0 Å². The maximum atomic E-state index is 14.2. The highest BCUT2D eigenvalue weighted by atomic mass is 16.7. The number of carbonyl (C=O) groups is 2. The number of amides is 2. The van der Waals surface area contributed by atoms with Crippen molar-refractivity contribution in [2.45, 2.75) is 50.7 Å². The number of rotatable bonds is 7. The lowest BCUT2D eigenvalue weighted by Crippen LogP contribution is -2.48. The molecule has 1 unspecified atom stereocenters. The fourth-order valence-corrected chi connectivity index (χ4v) is 5.29. The number of hydrogen-bond donors (Lipinski definition) is 1. The Kier molecular flexibility index (Phi) is 6.64. The van der Waals surface area contributed by atoms with Gasteiger partial charge in [0.1, 0.15) is 18.1 Å². The molecule has 0 spiro atoms. The average molecular weight is 512 g/mol. The van der Waals surface area contributed by atoms with E-state index < -0.39 is 6.04 Å². The second kappa shape index (κ2) is 10.5. The molecule has 38 heavy (non-hydrogen) atoms. The van der Waals surface area contributed by atoms with Crippen LogP contribution in [0.3, 0.4) is 0 Å². The zero-order valence-corrected chi connectivity index (χ0v) is 21.0. The van der Waals surface area contributed by atoms with E-state index in [0.717, 1.165) is 36.8 Å². The summed E-state index contributed by atoms with van der Waals surface area (Å²) in [7, 11) is 0. The van der Waals surface area contributed by atoms with Gasteiger partial charge in [-0.05, 0) is 42.7 Å². The number of aromatic nitrogens is 3. The molecule has 2 amide bonds. The van der Waals surface area contributed by atoms with E-state index in [1.54, 1.807) is 27.8 Å². The zero-order valence-electron chi connectivity index (χ0n) is 21.0. The number of ether oxygens (including phenoxy) is 2. The molecule has 4 aromatic rings. The fraction of sp³-hybridized carbons (Fsp3) is 0.310. The molecule has 9 heteroatoms. The van der Waals surface area contributed by atoms with Crippen molar-refractivity contribution in [1.29, 1.82) is 0 Å². The predicted octanol–water partition coefficient (Wildman–Crippen LogP) is 4.38. The Morgan fingerprint density at radius 2 is 1.71 bits per heavy atom. The average Bonchev–Trinajstić information content (AvgIpc) is 3.59. The molecule has 0 bridgehead atoms. The van der Waals surface area contributed by atoms with Crippen LogP contribution in [-0.2, 0) is 16.1 Å². The van der Waals surface area contributed by atoms with Crippen molar-refractivity contribution in [3.05, 3.63) is 78.4 Å². The van der Waals surface area contributed by atoms with E-state index in [-0.39, 0.29) is 31.2 Å². The normalized spacial score (nSPS) is 15.8. The van der Waals surface area contributed by atoms with Gasteiger partial charge in [-0.3, -0.25) is 14.5 Å². The van der Waals surface area contributed by atoms with Crippen LogP contribution in [0.1, 0.15) is 43.7 Å². The first kappa shape index (κ1) is 24.0. The van der Waals surface area contributed by atoms with E-state index >= 15 is 0 Å². The van der Waals surface area contributed by atoms with Crippen molar-refractivity contribution in [3.63, 3.8) is 0 Å². The minimum absolute atomic E-state index is 0.0883. The third-order valence-corrected chi connectivity index (χ3v) is 7.18. The summed E-state index contributed by atoms with van der Waals surface area (Å²) >= 11 is 0. The maximum Gasteiger partial charge on any atom is 0.249 e. The smallest absolute Gasteiger partial charge is 0.249 e. The number of anilines is 1. The molecule has 1 N–H and O–H groups in total. The Bertz CT molecular complexity index is 1450. The van der Waals surface area contributed by atoms with E-state index in [2.05, 4.69) is 15.6 Å². The lowest BCUT2D eigenvalue weighted by Gasteiger charge is -2.33. The molecule has 2 heterocycles. The Morgan fingerprint density at radius 3 is 2.55 bits per heavy atom. The fourth-order valence-electron chi connectivity index (χ4n) is 5.29. The highest BCUT2D eigenvalue weighted by molar-refractivity contribution is 6.02. The summed E-state index contributed by atoms with van der Waals surface area (Å²) < 4.78 is 12.7. The molecular weight excluding hydrogens is 482 g/mol. The molecule has 1 saturated carbocycles. The summed E-state index contributed by atoms with van der Waals surface area (Å²) in [6.07, 6.45) is 5.24. The van der Waals surface area contributed by atoms with Gasteiger partial charge in [-0.25, -0.2) is 4.68 Å². The van der Waals surface area contributed by atoms with Crippen LogP contribution in [0.25, 0.3) is 11.0 Å². The Balaban J connectivity index is 1.41. The van der Waals surface area contributed by atoms with E-state index in [1.165, 1.54) is 6.42 Å². The van der Waals surface area contributed by atoms with Crippen molar-refractivity contribution >= 4 is 28.5 Å². The number of carbonyl (C=O) groups excluding carboxylic acids is 2. The van der Waals surface area contributed by atoms with Crippen molar-refractivity contribution in [3.8, 4) is 11.5 Å². The van der Waals surface area contributed by atoms with Gasteiger partial charge in [-0.15, -0.1) is 5.10 Å². The van der Waals surface area contributed by atoms with E-state index in [4.69, 9.17) is 9.47 Å². The van der Waals surface area contributed by atoms with E-state index in [0.29, 0.717) is 22.7 Å². The quantitative estimate of drug-likeness (QED) is 0.395. The van der Waals surface area contributed by atoms with Crippen LogP contribution in [0, 0.1) is 0 Å². The summed E-state index contributed by atoms with van der Waals surface area (Å²) in [6, 6.07) is 21.4. The summed E-state index contributed by atoms with van der Waals surface area (Å²) in [5.74, 6) is 0.627. The van der Waals surface area contributed by atoms with Gasteiger partial charge < -0.3 is 14.8 Å². The number of fused-ring (bicyclic) bond motifs is 2. The van der Waals surface area contributed by atoms with Crippen molar-refractivity contribution < 1.29 is 19.1 Å². The van der Waals surface area contributed by atoms with Gasteiger partial charge >= 0.3 is 0 Å². The first-order chi connectivity index (χ1) is 18.7. The Hall–Kier alpha value is -4.40. The van der Waals surface area contributed by atoms with Crippen LogP contribution < -0.4 is 19.7 Å².